The van der Waals surface area contributed by atoms with Gasteiger partial charge in [0.25, 0.3) is 0 Å². The van der Waals surface area contributed by atoms with Crippen LogP contribution in [0.3, 0.4) is 0 Å². The molecule has 0 unspecified atom stereocenters. The molecule has 0 N–H and O–H groups in total. The number of carbonyl (C=O) groups is 1. The highest BCUT2D eigenvalue weighted by Gasteiger charge is 2.35. The van der Waals surface area contributed by atoms with Gasteiger partial charge in [-0.2, -0.15) is 4.31 Å². The molecule has 2 fully saturated rings. The van der Waals surface area contributed by atoms with Gasteiger partial charge in [-0.3, -0.25) is 4.79 Å². The van der Waals surface area contributed by atoms with Crippen LogP contribution in [0.1, 0.15) is 24.0 Å². The third-order valence-corrected chi connectivity index (χ3v) is 9.36. The molecular formula is C26H33N3O5S. The number of amides is 1. The first-order chi connectivity index (χ1) is 16.8. The molecule has 8 nitrogen and oxygen atoms in total. The number of nitrogens with zero attached hydrogens (tertiary/aromatic N) is 3. The van der Waals surface area contributed by atoms with Crippen LogP contribution in [-0.4, -0.2) is 76.0 Å². The Balaban J connectivity index is 1.17. The lowest BCUT2D eigenvalue weighted by Gasteiger charge is -2.39. The van der Waals surface area contributed by atoms with Crippen molar-refractivity contribution < 1.29 is 22.7 Å². The Morgan fingerprint density at radius 2 is 1.57 bits per heavy atom. The van der Waals surface area contributed by atoms with Crippen molar-refractivity contribution >= 4 is 21.6 Å². The van der Waals surface area contributed by atoms with Gasteiger partial charge in [-0.05, 0) is 56.0 Å². The predicted molar refractivity (Wildman–Crippen MR) is 134 cm³/mol. The van der Waals surface area contributed by atoms with E-state index in [-0.39, 0.29) is 16.7 Å². The molecule has 35 heavy (non-hydrogen) atoms. The fourth-order valence-electron chi connectivity index (χ4n) is 5.18. The summed E-state index contributed by atoms with van der Waals surface area (Å²) in [7, 11) is -3.65. The van der Waals surface area contributed by atoms with E-state index in [2.05, 4.69) is 36.9 Å². The number of benzene rings is 2. The maximum atomic E-state index is 13.2. The number of aryl methyl sites for hydroxylation is 1. The second-order valence-electron chi connectivity index (χ2n) is 9.52. The first-order valence-electron chi connectivity index (χ1n) is 12.3. The van der Waals surface area contributed by atoms with Gasteiger partial charge in [0.15, 0.2) is 11.5 Å². The summed E-state index contributed by atoms with van der Waals surface area (Å²) < 4.78 is 38.9. The van der Waals surface area contributed by atoms with Gasteiger partial charge < -0.3 is 19.3 Å². The molecule has 0 saturated carbocycles. The Bertz CT molecular complexity index is 1200. The fourth-order valence-corrected chi connectivity index (χ4v) is 6.67. The van der Waals surface area contributed by atoms with E-state index in [0.29, 0.717) is 63.7 Å². The van der Waals surface area contributed by atoms with Crippen LogP contribution in [0, 0.1) is 19.8 Å². The van der Waals surface area contributed by atoms with Crippen LogP contribution in [0.5, 0.6) is 11.5 Å². The van der Waals surface area contributed by atoms with Gasteiger partial charge in [-0.1, -0.05) is 12.1 Å². The smallest absolute Gasteiger partial charge is 0.243 e. The molecule has 2 aromatic rings. The summed E-state index contributed by atoms with van der Waals surface area (Å²) in [6, 6.07) is 11.1. The van der Waals surface area contributed by atoms with Crippen LogP contribution in [0.15, 0.2) is 41.3 Å². The summed E-state index contributed by atoms with van der Waals surface area (Å²) in [6.07, 6.45) is 1.08. The van der Waals surface area contributed by atoms with Gasteiger partial charge in [0.05, 0.1) is 4.90 Å². The summed E-state index contributed by atoms with van der Waals surface area (Å²) in [4.78, 5) is 17.7. The molecule has 0 aromatic heterocycles. The largest absolute Gasteiger partial charge is 0.486 e. The molecule has 188 valence electrons. The van der Waals surface area contributed by atoms with Crippen molar-refractivity contribution in [2.45, 2.75) is 31.6 Å². The van der Waals surface area contributed by atoms with E-state index in [1.54, 1.807) is 12.1 Å². The van der Waals surface area contributed by atoms with Crippen LogP contribution in [0.4, 0.5) is 5.69 Å². The van der Waals surface area contributed by atoms with E-state index in [1.165, 1.54) is 27.2 Å². The van der Waals surface area contributed by atoms with E-state index in [4.69, 9.17) is 9.47 Å². The zero-order valence-corrected chi connectivity index (χ0v) is 21.2. The van der Waals surface area contributed by atoms with Crippen molar-refractivity contribution in [2.24, 2.45) is 5.92 Å². The SMILES string of the molecule is Cc1cccc(N2CCN(C(=O)C3CCN(S(=O)(=O)c4ccc5c(c4)OCCO5)CC3)CC2)c1C. The summed E-state index contributed by atoms with van der Waals surface area (Å²) >= 11 is 0. The number of hydrogen-bond donors (Lipinski definition) is 0. The maximum Gasteiger partial charge on any atom is 0.243 e. The molecule has 0 bridgehead atoms. The molecule has 3 aliphatic rings. The number of fused-ring (bicyclic) bond motifs is 1. The second-order valence-corrected chi connectivity index (χ2v) is 11.5. The predicted octanol–water partition coefficient (Wildman–Crippen LogP) is 2.82. The number of piperidine rings is 1. The topological polar surface area (TPSA) is 79.4 Å². The zero-order chi connectivity index (χ0) is 24.6. The zero-order valence-electron chi connectivity index (χ0n) is 20.4. The summed E-state index contributed by atoms with van der Waals surface area (Å²) in [6.45, 7) is 8.84. The second kappa shape index (κ2) is 9.70. The molecule has 2 aromatic carbocycles. The number of carbonyl (C=O) groups excluding carboxylic acids is 1. The minimum absolute atomic E-state index is 0.131. The number of hydrogen-bond acceptors (Lipinski definition) is 6. The Morgan fingerprint density at radius 1 is 0.886 bits per heavy atom. The highest BCUT2D eigenvalue weighted by Crippen LogP contribution is 2.34. The number of piperazine rings is 1. The summed E-state index contributed by atoms with van der Waals surface area (Å²) in [5, 5.41) is 0. The fraction of sp³-hybridized carbons (Fsp3) is 0.500. The van der Waals surface area contributed by atoms with Gasteiger partial charge in [0.2, 0.25) is 15.9 Å². The molecule has 0 atom stereocenters. The Labute approximate surface area is 207 Å². The van der Waals surface area contributed by atoms with E-state index in [9.17, 15) is 13.2 Å². The first-order valence-corrected chi connectivity index (χ1v) is 13.8. The first kappa shape index (κ1) is 23.9. The molecule has 1 amide bonds. The van der Waals surface area contributed by atoms with Crippen molar-refractivity contribution in [3.63, 3.8) is 0 Å². The monoisotopic (exact) mass is 499 g/mol. The number of rotatable bonds is 4. The third kappa shape index (κ3) is 4.71. The standard InChI is InChI=1S/C26H33N3O5S/c1-19-4-3-5-23(20(19)2)27-12-14-28(15-13-27)26(30)21-8-10-29(11-9-21)35(31,32)22-6-7-24-25(18-22)34-17-16-33-24/h3-7,18,21H,8-17H2,1-2H3. The van der Waals surface area contributed by atoms with Crippen molar-refractivity contribution in [3.8, 4) is 11.5 Å². The van der Waals surface area contributed by atoms with Crippen LogP contribution in [-0.2, 0) is 14.8 Å². The van der Waals surface area contributed by atoms with Gasteiger partial charge in [0.1, 0.15) is 13.2 Å². The lowest BCUT2D eigenvalue weighted by atomic mass is 9.96. The molecule has 0 radical (unpaired) electrons. The summed E-state index contributed by atoms with van der Waals surface area (Å²) in [5.74, 6) is 1.05. The lowest BCUT2D eigenvalue weighted by molar-refractivity contribution is -0.137. The molecule has 3 aliphatic heterocycles. The minimum atomic E-state index is -3.65. The summed E-state index contributed by atoms with van der Waals surface area (Å²) in [5.41, 5.74) is 3.81. The normalized spacial score (nSPS) is 19.6. The lowest BCUT2D eigenvalue weighted by Crippen LogP contribution is -2.52. The highest BCUT2D eigenvalue weighted by atomic mass is 32.2. The molecule has 5 rings (SSSR count). The Hall–Kier alpha value is -2.78. The van der Waals surface area contributed by atoms with Crippen LogP contribution in [0.25, 0.3) is 0 Å². The van der Waals surface area contributed by atoms with E-state index in [1.807, 2.05) is 4.90 Å². The van der Waals surface area contributed by atoms with Crippen molar-refractivity contribution in [2.75, 3.05) is 57.4 Å². The average Bonchev–Trinajstić information content (AvgIpc) is 2.90. The molecule has 0 spiro atoms. The van der Waals surface area contributed by atoms with Gasteiger partial charge in [-0.15, -0.1) is 0 Å². The minimum Gasteiger partial charge on any atom is -0.486 e. The van der Waals surface area contributed by atoms with Gasteiger partial charge in [-0.25, -0.2) is 8.42 Å². The Morgan fingerprint density at radius 3 is 2.29 bits per heavy atom. The van der Waals surface area contributed by atoms with Crippen LogP contribution in [0.2, 0.25) is 0 Å². The molecule has 0 aliphatic carbocycles. The maximum absolute atomic E-state index is 13.2. The average molecular weight is 500 g/mol. The van der Waals surface area contributed by atoms with Crippen molar-refractivity contribution in [1.29, 1.82) is 0 Å². The molecular weight excluding hydrogens is 466 g/mol. The van der Waals surface area contributed by atoms with Crippen LogP contribution >= 0.6 is 0 Å². The Kier molecular flexibility index (Phi) is 6.63. The van der Waals surface area contributed by atoms with E-state index < -0.39 is 10.0 Å². The van der Waals surface area contributed by atoms with Gasteiger partial charge >= 0.3 is 0 Å². The molecule has 2 saturated heterocycles. The van der Waals surface area contributed by atoms with E-state index in [0.717, 1.165) is 13.1 Å². The third-order valence-electron chi connectivity index (χ3n) is 7.46. The van der Waals surface area contributed by atoms with Gasteiger partial charge in [0, 0.05) is 56.9 Å². The van der Waals surface area contributed by atoms with E-state index >= 15 is 0 Å². The molecule has 3 heterocycles. The van der Waals surface area contributed by atoms with Crippen LogP contribution < -0.4 is 14.4 Å². The van der Waals surface area contributed by atoms with Crippen molar-refractivity contribution in [3.05, 3.63) is 47.5 Å². The quantitative estimate of drug-likeness (QED) is 0.644. The number of anilines is 1. The molecule has 9 heteroatoms. The number of ether oxygens (including phenoxy) is 2. The number of sulfonamides is 1. The van der Waals surface area contributed by atoms with Crippen molar-refractivity contribution in [1.82, 2.24) is 9.21 Å². The highest BCUT2D eigenvalue weighted by molar-refractivity contribution is 7.89.